The van der Waals surface area contributed by atoms with Crippen molar-refractivity contribution in [3.05, 3.63) is 70.8 Å². The highest BCUT2D eigenvalue weighted by Crippen LogP contribution is 2.47. The molecule has 0 spiro atoms. The lowest BCUT2D eigenvalue weighted by Gasteiger charge is -2.36. The first-order valence-electron chi connectivity index (χ1n) is 19.6. The normalized spacial score (nSPS) is 31.7. The predicted molar refractivity (Wildman–Crippen MR) is 215 cm³/mol. The quantitative estimate of drug-likeness (QED) is 0.210. The minimum atomic E-state index is -0.699. The molecule has 2 heterocycles. The Hall–Kier alpha value is -3.52. The van der Waals surface area contributed by atoms with Crippen molar-refractivity contribution in [3.63, 3.8) is 0 Å². The van der Waals surface area contributed by atoms with Gasteiger partial charge in [-0.15, -0.1) is 11.8 Å². The van der Waals surface area contributed by atoms with E-state index < -0.39 is 29.5 Å². The third-order valence-electron chi connectivity index (χ3n) is 12.6. The fourth-order valence-electron chi connectivity index (χ4n) is 9.41. The second-order valence-corrected chi connectivity index (χ2v) is 18.3. The van der Waals surface area contributed by atoms with E-state index in [4.69, 9.17) is 18.0 Å². The molecule has 2 aromatic rings. The van der Waals surface area contributed by atoms with E-state index in [0.717, 1.165) is 53.7 Å². The molecule has 2 aliphatic heterocycles. The molecule has 13 heteroatoms. The highest BCUT2D eigenvalue weighted by atomic mass is 32.2. The molecule has 7 N–H and O–H groups in total. The van der Waals surface area contributed by atoms with Gasteiger partial charge in [0.1, 0.15) is 12.1 Å². The Labute approximate surface area is 328 Å². The SMILES string of the molecule is CN[C@@H](C)C(=S)N[C@H]1CCS[C@H]2CC(C)(C)[C@@H](C(=O)N[C@H]3c4ccccc4C[C@H]3C(=O)N[C@H]3CC[C@H](NC(=O)[C@@H]4Cc5ccccc5[C@@H]4N)CC3)N2C1=O. The summed E-state index contributed by atoms with van der Waals surface area (Å²) in [5.41, 5.74) is 10.2. The van der Waals surface area contributed by atoms with Gasteiger partial charge in [0, 0.05) is 18.1 Å². The van der Waals surface area contributed by atoms with Crippen molar-refractivity contribution in [1.29, 1.82) is 0 Å². The minimum absolute atomic E-state index is 0.00403. The van der Waals surface area contributed by atoms with Gasteiger partial charge < -0.3 is 37.2 Å². The average Bonchev–Trinajstić information content (AvgIpc) is 3.75. The first kappa shape index (κ1) is 38.7. The van der Waals surface area contributed by atoms with Crippen molar-refractivity contribution < 1.29 is 19.2 Å². The van der Waals surface area contributed by atoms with E-state index in [-0.39, 0.29) is 59.1 Å². The molecule has 1 saturated carbocycles. The standard InChI is InChI=1S/C41H55N7O4S2/c1-22(43-4)39(53)46-31-17-18-54-32-21-41(2,3)35(48(32)40(31)52)38(51)47-34-28-12-8-6-10-24(28)20-30(34)37(50)45-26-15-13-25(14-16-26)44-36(49)29-19-23-9-5-7-11-27(23)33(29)42/h5-12,22,25-26,29-35,43H,13-21,42H2,1-4H3,(H,44,49)(H,45,50)(H,46,53)(H,47,51)/t22-,25-,26-,29+,30+,31-,32-,33-,34-,35+/m0/s1. The van der Waals surface area contributed by atoms with Gasteiger partial charge in [-0.2, -0.15) is 0 Å². The second kappa shape index (κ2) is 15.9. The number of nitrogens with two attached hydrogens (primary N) is 1. The summed E-state index contributed by atoms with van der Waals surface area (Å²) in [5.74, 6) is -0.393. The van der Waals surface area contributed by atoms with Crippen LogP contribution in [0.15, 0.2) is 48.5 Å². The number of thiocarbonyl (C=S) groups is 1. The summed E-state index contributed by atoms with van der Waals surface area (Å²) in [6.45, 7) is 6.07. The van der Waals surface area contributed by atoms with E-state index in [2.05, 4.69) is 40.4 Å². The lowest BCUT2D eigenvalue weighted by Crippen LogP contribution is -2.58. The van der Waals surface area contributed by atoms with Gasteiger partial charge in [-0.05, 0) is 98.8 Å². The van der Waals surface area contributed by atoms with Crippen molar-refractivity contribution in [2.45, 2.75) is 120 Å². The molecule has 0 radical (unpaired) electrons. The summed E-state index contributed by atoms with van der Waals surface area (Å²) in [6.07, 6.45) is 5.54. The molecule has 54 heavy (non-hydrogen) atoms. The number of rotatable bonds is 9. The first-order valence-corrected chi connectivity index (χ1v) is 21.1. The van der Waals surface area contributed by atoms with Crippen LogP contribution < -0.4 is 32.3 Å². The molecule has 3 aliphatic carbocycles. The predicted octanol–water partition coefficient (Wildman–Crippen LogP) is 3.42. The van der Waals surface area contributed by atoms with Crippen LogP contribution in [0.2, 0.25) is 0 Å². The maximum Gasteiger partial charge on any atom is 0.246 e. The van der Waals surface area contributed by atoms with Crippen LogP contribution in [-0.2, 0) is 32.0 Å². The van der Waals surface area contributed by atoms with E-state index >= 15 is 0 Å². The number of carbonyl (C=O) groups excluding carboxylic acids is 4. The van der Waals surface area contributed by atoms with Crippen molar-refractivity contribution >= 4 is 52.6 Å². The van der Waals surface area contributed by atoms with Crippen molar-refractivity contribution in [2.24, 2.45) is 23.0 Å². The van der Waals surface area contributed by atoms with Crippen LogP contribution in [0.1, 0.15) is 93.6 Å². The zero-order valence-electron chi connectivity index (χ0n) is 31.7. The van der Waals surface area contributed by atoms with Crippen LogP contribution >= 0.6 is 24.0 Å². The number of fused-ring (bicyclic) bond motifs is 3. The Kier molecular flexibility index (Phi) is 11.4. The summed E-state index contributed by atoms with van der Waals surface area (Å²) in [7, 11) is 1.83. The molecule has 2 aromatic carbocycles. The van der Waals surface area contributed by atoms with Gasteiger partial charge in [0.2, 0.25) is 23.6 Å². The third-order valence-corrected chi connectivity index (χ3v) is 14.3. The second-order valence-electron chi connectivity index (χ2n) is 16.6. The van der Waals surface area contributed by atoms with Gasteiger partial charge >= 0.3 is 0 Å². The Morgan fingerprint density at radius 3 is 2.04 bits per heavy atom. The van der Waals surface area contributed by atoms with Crippen LogP contribution in [0.4, 0.5) is 0 Å². The van der Waals surface area contributed by atoms with Gasteiger partial charge in [0.05, 0.1) is 34.3 Å². The Morgan fingerprint density at radius 2 is 1.41 bits per heavy atom. The molecule has 8 atom stereocenters. The number of amides is 4. The largest absolute Gasteiger partial charge is 0.367 e. The molecule has 0 unspecified atom stereocenters. The van der Waals surface area contributed by atoms with Crippen LogP contribution in [0.25, 0.3) is 0 Å². The Bertz CT molecular complexity index is 1780. The topological polar surface area (TPSA) is 158 Å². The zero-order valence-corrected chi connectivity index (χ0v) is 33.4. The highest BCUT2D eigenvalue weighted by Gasteiger charge is 2.55. The van der Waals surface area contributed by atoms with Crippen LogP contribution in [0.5, 0.6) is 0 Å². The summed E-state index contributed by atoms with van der Waals surface area (Å²) in [4.78, 5) is 58.5. The maximum absolute atomic E-state index is 14.5. The third kappa shape index (κ3) is 7.66. The average molecular weight is 774 g/mol. The molecule has 290 valence electrons. The van der Waals surface area contributed by atoms with Crippen molar-refractivity contribution in [3.8, 4) is 0 Å². The van der Waals surface area contributed by atoms with Crippen LogP contribution in [-0.4, -0.2) is 81.9 Å². The highest BCUT2D eigenvalue weighted by molar-refractivity contribution is 7.99. The van der Waals surface area contributed by atoms with E-state index in [9.17, 15) is 19.2 Å². The monoisotopic (exact) mass is 773 g/mol. The number of thioether (sulfide) groups is 1. The zero-order chi connectivity index (χ0) is 38.3. The number of benzene rings is 2. The molecule has 7 rings (SSSR count). The van der Waals surface area contributed by atoms with E-state index in [1.54, 1.807) is 16.7 Å². The molecule has 4 amide bonds. The molecule has 2 saturated heterocycles. The molecular weight excluding hydrogens is 719 g/mol. The fraction of sp³-hybridized carbons (Fsp3) is 0.585. The van der Waals surface area contributed by atoms with Crippen molar-refractivity contribution in [2.75, 3.05) is 12.8 Å². The number of carbonyl (C=O) groups is 4. The number of likely N-dealkylation sites (N-methyl/N-ethyl adjacent to an activating group) is 1. The van der Waals surface area contributed by atoms with Gasteiger partial charge in [-0.1, -0.05) is 74.6 Å². The van der Waals surface area contributed by atoms with Crippen LogP contribution in [0, 0.1) is 17.3 Å². The fourth-order valence-corrected chi connectivity index (χ4v) is 11.2. The number of nitrogens with zero attached hydrogens (tertiary/aromatic N) is 1. The Balaban J connectivity index is 0.993. The molecule has 11 nitrogen and oxygen atoms in total. The van der Waals surface area contributed by atoms with Gasteiger partial charge in [0.15, 0.2) is 0 Å². The van der Waals surface area contributed by atoms with Crippen molar-refractivity contribution in [1.82, 2.24) is 31.5 Å². The molecule has 0 bridgehead atoms. The number of hydrogen-bond acceptors (Lipinski definition) is 8. The summed E-state index contributed by atoms with van der Waals surface area (Å²) < 4.78 is 0. The smallest absolute Gasteiger partial charge is 0.246 e. The molecule has 3 fully saturated rings. The van der Waals surface area contributed by atoms with E-state index in [1.165, 1.54) is 0 Å². The van der Waals surface area contributed by atoms with Gasteiger partial charge in [-0.3, -0.25) is 19.2 Å². The lowest BCUT2D eigenvalue weighted by atomic mass is 9.83. The van der Waals surface area contributed by atoms with Gasteiger partial charge in [-0.25, -0.2) is 0 Å². The molecule has 0 aromatic heterocycles. The Morgan fingerprint density at radius 1 is 0.833 bits per heavy atom. The van der Waals surface area contributed by atoms with Gasteiger partial charge in [0.25, 0.3) is 0 Å². The molecular formula is C41H55N7O4S2. The summed E-state index contributed by atoms with van der Waals surface area (Å²) >= 11 is 7.32. The first-order chi connectivity index (χ1) is 25.9. The van der Waals surface area contributed by atoms with E-state index in [1.807, 2.05) is 62.5 Å². The minimum Gasteiger partial charge on any atom is -0.367 e. The summed E-state index contributed by atoms with van der Waals surface area (Å²) in [5, 5.41) is 16.2. The summed E-state index contributed by atoms with van der Waals surface area (Å²) in [6, 6.07) is 13.9. The number of hydrogen-bond donors (Lipinski definition) is 6. The van der Waals surface area contributed by atoms with Crippen LogP contribution in [0.3, 0.4) is 0 Å². The van der Waals surface area contributed by atoms with E-state index in [0.29, 0.717) is 30.7 Å². The number of nitrogens with one attached hydrogen (secondary N) is 5. The lowest BCUT2D eigenvalue weighted by molar-refractivity contribution is -0.143. The maximum atomic E-state index is 14.5. The molecule has 5 aliphatic rings.